The van der Waals surface area contributed by atoms with Crippen LogP contribution in [0.2, 0.25) is 0 Å². The highest BCUT2D eigenvalue weighted by atomic mass is 32.2. The Morgan fingerprint density at radius 2 is 1.09 bits per heavy atom. The van der Waals surface area contributed by atoms with Gasteiger partial charge in [-0.2, -0.15) is 0 Å². The quantitative estimate of drug-likeness (QED) is 0.0204. The maximum Gasteiger partial charge on any atom is 0.245 e. The van der Waals surface area contributed by atoms with Crippen LogP contribution in [0.1, 0.15) is 134 Å². The smallest absolute Gasteiger partial charge is 0.245 e. The average molecular weight is 1830 g/mol. The highest BCUT2D eigenvalue weighted by Gasteiger charge is 2.46. The van der Waals surface area contributed by atoms with E-state index in [-0.39, 0.29) is 89.6 Å². The van der Waals surface area contributed by atoms with Crippen LogP contribution in [0, 0.1) is 5.41 Å². The van der Waals surface area contributed by atoms with E-state index in [0.29, 0.717) is 64.2 Å². The van der Waals surface area contributed by atoms with Crippen LogP contribution in [0.25, 0.3) is 21.8 Å². The number of nitrogens with one attached hydrogen (secondary N) is 15. The number of carbonyl (C=O) groups excluding carboxylic acids is 17. The summed E-state index contributed by atoms with van der Waals surface area (Å²) in [6.45, 7) is 3.60. The number of primary amides is 1. The molecule has 15 atom stereocenters. The van der Waals surface area contributed by atoms with E-state index in [4.69, 9.17) is 16.9 Å². The van der Waals surface area contributed by atoms with Crippen molar-refractivity contribution in [1.29, 1.82) is 5.41 Å². The number of H-pyrrole nitrogens is 2. The second-order valence-electron chi connectivity index (χ2n) is 33.2. The molecule has 42 nitrogen and oxygen atoms in total. The van der Waals surface area contributed by atoms with Crippen molar-refractivity contribution < 1.29 is 96.8 Å². The van der Waals surface area contributed by atoms with Gasteiger partial charge in [0.1, 0.15) is 90.3 Å². The normalized spacial score (nSPS) is 25.9. The summed E-state index contributed by atoms with van der Waals surface area (Å²) in [4.78, 5) is 262. The van der Waals surface area contributed by atoms with Gasteiger partial charge in [0, 0.05) is 119 Å². The lowest BCUT2D eigenvalue weighted by molar-refractivity contribution is -0.149. The maximum absolute atomic E-state index is 15.7. The second kappa shape index (κ2) is 47.9. The number of para-hydroxylation sites is 2. The van der Waals surface area contributed by atoms with Crippen LogP contribution in [0.5, 0.6) is 5.75 Å². The zero-order chi connectivity index (χ0) is 94.7. The van der Waals surface area contributed by atoms with E-state index in [9.17, 15) is 63.3 Å². The Hall–Kier alpha value is -12.9. The molecule has 2 aromatic heterocycles. The van der Waals surface area contributed by atoms with Gasteiger partial charge in [-0.15, -0.1) is 11.8 Å². The number of hydrogen-bond acceptors (Lipinski definition) is 22. The number of aromatic hydroxyl groups is 1. The Bertz CT molecular complexity index is 4930. The Labute approximate surface area is 755 Å². The van der Waals surface area contributed by atoms with Crippen LogP contribution in [-0.4, -0.2) is 319 Å². The molecule has 5 aromatic rings. The van der Waals surface area contributed by atoms with Gasteiger partial charge in [-0.05, 0) is 106 Å². The highest BCUT2D eigenvalue weighted by Crippen LogP contribution is 2.28. The number of nitrogens with zero attached hydrogens (tertiary/aromatic N) is 5. The minimum Gasteiger partial charge on any atom is -0.508 e. The second-order valence-corrected chi connectivity index (χ2v) is 34.3. The van der Waals surface area contributed by atoms with E-state index in [2.05, 4.69) is 73.8 Å². The number of aromatic nitrogens is 2. The van der Waals surface area contributed by atoms with Crippen molar-refractivity contribution in [2.45, 2.75) is 228 Å². The Kier molecular flexibility index (Phi) is 37.2. The average Bonchev–Trinajstić information content (AvgIpc) is 1.62. The van der Waals surface area contributed by atoms with Crippen LogP contribution in [0.15, 0.2) is 85.2 Å². The standard InChI is InChI=1S/C87H122N22O20S/c1-8-10-23-66-79(122)98-58(22-16-33-92-87(89)90)76(119)104-65(75(118)95-42-70(88)113)45-130-46-72(115)97-62(36-49-26-28-52(111)29-27-49)82(125)105(5)48(4)74(117)100-60-32-34-91-71(114)31-30-59(99-73(116)47(3)96-80(123)67-25-17-35-108(67)84(60)127)85(128)109-43-53(112)39-69(109)81(124)101-61(37-50-40-93-56-20-14-12-18-54(50)56)77(120)103-64(44-110)78(121)102-63(38-51-41-94-57-21-15-13-19-55(51)57)83(126)107(7)68(24-11-9-2)86(129)106(66)6/h12-15,18-21,26-29,40-41,47-48,53,58-69,93-94,110-112H,8-11,16-17,22-25,30-39,42-46H2,1-7H3,(H2,88,113)(H,91,114)(H,95,118)(H,96,123)(H,97,115)(H,98,122)(H,99,116)(H,100,117)(H,101,124)(H,102,121)(H,103,120)(H,104,119)(H4,89,90,92)/t47-,48-,53+,58-,59-,60-,61-,62-,63-,64-,65-,66-,67-,68-,69-/m0/s1. The first-order valence-electron chi connectivity index (χ1n) is 43.8. The number of rotatable bonds is 20. The van der Waals surface area contributed by atoms with Gasteiger partial charge in [0.15, 0.2) is 5.96 Å². The van der Waals surface area contributed by atoms with Gasteiger partial charge in [-0.1, -0.05) is 88.1 Å². The first-order chi connectivity index (χ1) is 62.0. The van der Waals surface area contributed by atoms with Crippen LogP contribution in [0.4, 0.5) is 0 Å². The fraction of sp³-hybridized carbons (Fsp3) is 0.540. The minimum absolute atomic E-state index is 0.00588. The third kappa shape index (κ3) is 27.3. The van der Waals surface area contributed by atoms with Gasteiger partial charge in [0.25, 0.3) is 0 Å². The molecule has 0 spiro atoms. The van der Waals surface area contributed by atoms with Gasteiger partial charge < -0.3 is 125 Å². The Morgan fingerprint density at radius 1 is 0.538 bits per heavy atom. The molecule has 4 fully saturated rings. The number of phenolic OH excluding ortho intramolecular Hbond substituents is 1. The number of fused-ring (bicyclic) bond motifs is 11. The molecule has 9 rings (SSSR count). The fourth-order valence-electron chi connectivity index (χ4n) is 16.2. The molecule has 3 aromatic carbocycles. The third-order valence-corrected chi connectivity index (χ3v) is 24.8. The SMILES string of the molecule is CCCC[C@H]1C(=O)N(C)[C@@H](CCCC)C(=O)N[C@@H](CCCNC(=N)N)C(=O)N[C@H](C(=O)NCC(N)=O)CSCC(=O)N[C@@H](Cc2ccc(O)cc2)C(=O)N(C)[C@@H](C)C(=O)N[C@H]2CCNC(=O)CC[C@H](NC(=O)[C@H](C)NC(=O)[C@@H]3CCCN3C2=O)C(=O)N2C[C@H](O)C[C@H]2C(=O)N[C@@H](Cc2c[nH]c3ccccc23)C(=O)N[C@@H](CO)C(=O)N[C@@H](Cc2c[nH]c3ccccc23)C(=O)N1C. The summed E-state index contributed by atoms with van der Waals surface area (Å²) < 4.78 is 0. The number of hydrogen-bond donors (Lipinski definition) is 20. The lowest BCUT2D eigenvalue weighted by Crippen LogP contribution is -2.61. The van der Waals surface area contributed by atoms with Crippen LogP contribution < -0.4 is 75.3 Å². The summed E-state index contributed by atoms with van der Waals surface area (Å²) in [5.41, 5.74) is 13.7. The summed E-state index contributed by atoms with van der Waals surface area (Å²) in [6, 6.07) is -1.81. The molecule has 0 aliphatic carbocycles. The molecule has 130 heavy (non-hydrogen) atoms. The van der Waals surface area contributed by atoms with Gasteiger partial charge >= 0.3 is 0 Å². The molecule has 0 saturated carbocycles. The van der Waals surface area contributed by atoms with Crippen molar-refractivity contribution in [2.24, 2.45) is 11.5 Å². The number of guanidine groups is 1. The monoisotopic (exact) mass is 1830 g/mol. The Morgan fingerprint density at radius 3 is 1.73 bits per heavy atom. The highest BCUT2D eigenvalue weighted by molar-refractivity contribution is 8.00. The molecular formula is C87H122N22O20S. The summed E-state index contributed by atoms with van der Waals surface area (Å²) in [5.74, 6) is -17.0. The van der Waals surface area contributed by atoms with E-state index in [0.717, 1.165) is 31.4 Å². The number of phenols is 1. The zero-order valence-corrected chi connectivity index (χ0v) is 74.8. The van der Waals surface area contributed by atoms with Crippen LogP contribution >= 0.6 is 11.8 Å². The molecule has 17 amide bonds. The number of aliphatic hydroxyl groups excluding tert-OH is 2. The number of aromatic amines is 2. The summed E-state index contributed by atoms with van der Waals surface area (Å²) in [7, 11) is 3.94. The molecule has 4 saturated heterocycles. The number of amides is 17. The molecular weight excluding hydrogens is 1710 g/mol. The van der Waals surface area contributed by atoms with E-state index < -0.39 is 248 Å². The van der Waals surface area contributed by atoms with Gasteiger partial charge in [0.05, 0.1) is 25.0 Å². The van der Waals surface area contributed by atoms with Crippen molar-refractivity contribution in [1.82, 2.24) is 98.3 Å². The largest absolute Gasteiger partial charge is 0.508 e. The molecule has 2 bridgehead atoms. The summed E-state index contributed by atoms with van der Waals surface area (Å²) in [5, 5.41) is 73.5. The van der Waals surface area contributed by atoms with Crippen molar-refractivity contribution in [3.8, 4) is 5.75 Å². The molecule has 706 valence electrons. The number of nitrogens with two attached hydrogens (primary N) is 2. The maximum atomic E-state index is 15.7. The topological polar surface area (TPSA) is 619 Å². The number of aliphatic hydroxyl groups is 2. The van der Waals surface area contributed by atoms with Gasteiger partial charge in [-0.25, -0.2) is 0 Å². The molecule has 0 unspecified atom stereocenters. The molecule has 6 heterocycles. The van der Waals surface area contributed by atoms with E-state index >= 15 is 33.6 Å². The van der Waals surface area contributed by atoms with Crippen molar-refractivity contribution in [3.05, 3.63) is 102 Å². The number of carbonyl (C=O) groups is 17. The molecule has 43 heteroatoms. The predicted molar refractivity (Wildman–Crippen MR) is 477 cm³/mol. The van der Waals surface area contributed by atoms with Crippen LogP contribution in [0.3, 0.4) is 0 Å². The van der Waals surface area contributed by atoms with E-state index in [1.54, 1.807) is 60.9 Å². The first kappa shape index (κ1) is 101. The van der Waals surface area contributed by atoms with Crippen molar-refractivity contribution in [2.75, 3.05) is 72.0 Å². The van der Waals surface area contributed by atoms with E-state index in [1.165, 1.54) is 64.2 Å². The third-order valence-electron chi connectivity index (χ3n) is 23.8. The van der Waals surface area contributed by atoms with Gasteiger partial charge in [0.2, 0.25) is 100 Å². The molecule has 22 N–H and O–H groups in total. The van der Waals surface area contributed by atoms with Crippen molar-refractivity contribution >= 4 is 140 Å². The summed E-state index contributed by atoms with van der Waals surface area (Å²) in [6.07, 6.45) is 1.02. The van der Waals surface area contributed by atoms with Crippen molar-refractivity contribution in [3.63, 3.8) is 0 Å². The lowest BCUT2D eigenvalue weighted by atomic mass is 10.00. The zero-order valence-electron chi connectivity index (χ0n) is 74.0. The number of likely N-dealkylation sites (N-methyl/N-ethyl adjacent to an activating group) is 3. The molecule has 4 aliphatic heterocycles. The first-order valence-corrected chi connectivity index (χ1v) is 44.9. The number of benzene rings is 3. The van der Waals surface area contributed by atoms with E-state index in [1.807, 2.05) is 13.8 Å². The number of thioether (sulfide) groups is 1. The fourth-order valence-corrected chi connectivity index (χ4v) is 17.1. The minimum atomic E-state index is -1.90. The van der Waals surface area contributed by atoms with Crippen LogP contribution in [-0.2, 0) is 101 Å². The molecule has 4 aliphatic rings. The number of unbranched alkanes of at least 4 members (excludes halogenated alkanes) is 2. The predicted octanol–water partition coefficient (Wildman–Crippen LogP) is -3.50. The molecule has 0 radical (unpaired) electrons. The lowest BCUT2D eigenvalue weighted by Gasteiger charge is -2.36. The van der Waals surface area contributed by atoms with Gasteiger partial charge in [-0.3, -0.25) is 86.9 Å². The Balaban J connectivity index is 1.10. The summed E-state index contributed by atoms with van der Waals surface area (Å²) >= 11 is 0.777.